The Morgan fingerprint density at radius 1 is 0.944 bits per heavy atom. The van der Waals surface area contributed by atoms with Crippen molar-refractivity contribution in [1.29, 1.82) is 0 Å². The highest BCUT2D eigenvalue weighted by Gasteiger charge is 2.20. The fraction of sp³-hybridized carbons (Fsp3) is 0.267. The molecule has 2 bridgehead atoms. The van der Waals surface area contributed by atoms with Crippen molar-refractivity contribution in [3.63, 3.8) is 0 Å². The number of hydrogen-bond acceptors (Lipinski definition) is 3. The average molecular weight is 274 g/mol. The van der Waals surface area contributed by atoms with E-state index >= 15 is 0 Å². The Hall–Kier alpha value is -0.930. The second-order valence-electron chi connectivity index (χ2n) is 4.39. The maximum atomic E-state index is 12.0. The molecule has 18 heavy (non-hydrogen) atoms. The molecule has 3 heteroatoms. The van der Waals surface area contributed by atoms with Crippen molar-refractivity contribution in [2.75, 3.05) is 11.5 Å². The molecule has 1 heterocycles. The van der Waals surface area contributed by atoms with Crippen LogP contribution < -0.4 is 0 Å². The summed E-state index contributed by atoms with van der Waals surface area (Å²) in [5, 5.41) is 0. The van der Waals surface area contributed by atoms with Gasteiger partial charge in [-0.1, -0.05) is 24.3 Å². The van der Waals surface area contributed by atoms with Gasteiger partial charge in [-0.15, -0.1) is 23.5 Å². The summed E-state index contributed by atoms with van der Waals surface area (Å²) in [6.07, 6.45) is 13.8. The van der Waals surface area contributed by atoms with E-state index in [2.05, 4.69) is 6.08 Å². The van der Waals surface area contributed by atoms with Crippen LogP contribution in [0.5, 0.6) is 0 Å². The summed E-state index contributed by atoms with van der Waals surface area (Å²) in [4.78, 5) is 12.0. The minimum absolute atomic E-state index is 0.147. The Kier molecular flexibility index (Phi) is 3.62. The van der Waals surface area contributed by atoms with E-state index in [1.54, 1.807) is 6.08 Å². The Bertz CT molecular complexity index is 525. The van der Waals surface area contributed by atoms with Gasteiger partial charge in [-0.2, -0.15) is 0 Å². The highest BCUT2D eigenvalue weighted by atomic mass is 32.2. The lowest BCUT2D eigenvalue weighted by atomic mass is 10.0. The molecule has 92 valence electrons. The third-order valence-electron chi connectivity index (χ3n) is 3.13. The van der Waals surface area contributed by atoms with Crippen LogP contribution in [0, 0.1) is 0 Å². The molecule has 1 aliphatic heterocycles. The number of thioether (sulfide) groups is 2. The van der Waals surface area contributed by atoms with E-state index in [1.807, 2.05) is 47.8 Å². The summed E-state index contributed by atoms with van der Waals surface area (Å²) in [5.41, 5.74) is 3.43. The molecular formula is C15H14OS2. The molecule has 0 spiro atoms. The number of carbonyl (C=O) groups excluding carboxylic acids is 1. The van der Waals surface area contributed by atoms with Gasteiger partial charge in [0, 0.05) is 16.2 Å². The molecule has 0 atom stereocenters. The van der Waals surface area contributed by atoms with E-state index in [1.165, 1.54) is 33.3 Å². The van der Waals surface area contributed by atoms with E-state index in [0.717, 1.165) is 12.0 Å². The first-order valence-corrected chi connectivity index (χ1v) is 8.11. The molecule has 3 rings (SSSR count). The van der Waals surface area contributed by atoms with Crippen LogP contribution >= 0.6 is 23.5 Å². The molecule has 0 amide bonds. The Balaban J connectivity index is 2.07. The molecule has 0 aromatic rings. The molecule has 0 N–H and O–H groups in total. The van der Waals surface area contributed by atoms with E-state index in [9.17, 15) is 4.79 Å². The standard InChI is InChI=1S/C15H14OS2/c16-14-7-6-13(15-17-8-3-9-18-15)11-4-1-2-5-12(14)10-11/h1-2,4-7H,3,8-10H2. The topological polar surface area (TPSA) is 17.1 Å². The summed E-state index contributed by atoms with van der Waals surface area (Å²) in [6, 6.07) is 0. The second kappa shape index (κ2) is 5.37. The van der Waals surface area contributed by atoms with Gasteiger partial charge >= 0.3 is 0 Å². The van der Waals surface area contributed by atoms with Crippen molar-refractivity contribution < 1.29 is 4.79 Å². The van der Waals surface area contributed by atoms with Crippen LogP contribution in [-0.4, -0.2) is 17.3 Å². The third-order valence-corrected chi connectivity index (χ3v) is 5.78. The van der Waals surface area contributed by atoms with Crippen LogP contribution in [0.3, 0.4) is 0 Å². The number of ketones is 1. The van der Waals surface area contributed by atoms with Gasteiger partial charge < -0.3 is 0 Å². The van der Waals surface area contributed by atoms with E-state index < -0.39 is 0 Å². The number of carbonyl (C=O) groups is 1. The smallest absolute Gasteiger partial charge is 0.182 e. The highest BCUT2D eigenvalue weighted by molar-refractivity contribution is 8.22. The zero-order valence-corrected chi connectivity index (χ0v) is 11.7. The minimum atomic E-state index is 0.147. The van der Waals surface area contributed by atoms with Crippen molar-refractivity contribution in [3.8, 4) is 0 Å². The van der Waals surface area contributed by atoms with Crippen molar-refractivity contribution >= 4 is 29.3 Å². The summed E-state index contributed by atoms with van der Waals surface area (Å²) in [6.45, 7) is 0. The van der Waals surface area contributed by atoms with Gasteiger partial charge in [0.15, 0.2) is 5.78 Å². The molecular weight excluding hydrogens is 260 g/mol. The average Bonchev–Trinajstić information content (AvgIpc) is 2.74. The predicted molar refractivity (Wildman–Crippen MR) is 80.6 cm³/mol. The summed E-state index contributed by atoms with van der Waals surface area (Å²) in [5.74, 6) is 2.53. The number of hydrogen-bond donors (Lipinski definition) is 0. The van der Waals surface area contributed by atoms with Gasteiger partial charge in [0.05, 0.1) is 0 Å². The Morgan fingerprint density at radius 3 is 2.44 bits per heavy atom. The lowest BCUT2D eigenvalue weighted by molar-refractivity contribution is -0.111. The Labute approximate surface area is 116 Å². The maximum Gasteiger partial charge on any atom is 0.182 e. The van der Waals surface area contributed by atoms with Gasteiger partial charge in [-0.05, 0) is 41.2 Å². The SMILES string of the molecule is O=C1C=CC(=C2SCCCS2)C2=CC=CC=C1C2. The van der Waals surface area contributed by atoms with E-state index in [4.69, 9.17) is 0 Å². The summed E-state index contributed by atoms with van der Waals surface area (Å²) in [7, 11) is 0. The van der Waals surface area contributed by atoms with Gasteiger partial charge in [-0.3, -0.25) is 4.79 Å². The van der Waals surface area contributed by atoms with Crippen LogP contribution in [0.1, 0.15) is 12.8 Å². The summed E-state index contributed by atoms with van der Waals surface area (Å²) < 4.78 is 1.38. The molecule has 3 aliphatic rings. The zero-order chi connectivity index (χ0) is 12.4. The molecule has 0 radical (unpaired) electrons. The van der Waals surface area contributed by atoms with Gasteiger partial charge in [0.25, 0.3) is 0 Å². The second-order valence-corrected chi connectivity index (χ2v) is 6.86. The first-order valence-electron chi connectivity index (χ1n) is 6.13. The number of allylic oxidation sites excluding steroid dienone is 9. The molecule has 1 fully saturated rings. The first-order chi connectivity index (χ1) is 8.84. The fourth-order valence-electron chi connectivity index (χ4n) is 2.18. The molecule has 1 nitrogen and oxygen atoms in total. The van der Waals surface area contributed by atoms with Gasteiger partial charge in [0.2, 0.25) is 0 Å². The summed E-state index contributed by atoms with van der Waals surface area (Å²) >= 11 is 3.85. The molecule has 0 saturated carbocycles. The van der Waals surface area contributed by atoms with Gasteiger partial charge in [0.1, 0.15) is 0 Å². The zero-order valence-electron chi connectivity index (χ0n) is 10.0. The van der Waals surface area contributed by atoms with Crippen LogP contribution in [0.25, 0.3) is 0 Å². The van der Waals surface area contributed by atoms with Crippen molar-refractivity contribution in [2.45, 2.75) is 12.8 Å². The molecule has 0 unspecified atom stereocenters. The largest absolute Gasteiger partial charge is 0.290 e. The first kappa shape index (κ1) is 12.1. The molecule has 1 saturated heterocycles. The quantitative estimate of drug-likeness (QED) is 0.664. The molecule has 0 aromatic heterocycles. The third kappa shape index (κ3) is 2.43. The van der Waals surface area contributed by atoms with E-state index in [-0.39, 0.29) is 5.78 Å². The van der Waals surface area contributed by atoms with Crippen LogP contribution in [0.4, 0.5) is 0 Å². The lowest BCUT2D eigenvalue weighted by Crippen LogP contribution is -1.98. The Morgan fingerprint density at radius 2 is 1.67 bits per heavy atom. The van der Waals surface area contributed by atoms with E-state index in [0.29, 0.717) is 0 Å². The lowest BCUT2D eigenvalue weighted by Gasteiger charge is -2.17. The number of fused-ring (bicyclic) bond motifs is 2. The molecule has 2 aliphatic carbocycles. The normalized spacial score (nSPS) is 23.4. The monoisotopic (exact) mass is 274 g/mol. The van der Waals surface area contributed by atoms with Crippen LogP contribution in [-0.2, 0) is 4.79 Å². The fourth-order valence-corrected chi connectivity index (χ4v) is 4.85. The highest BCUT2D eigenvalue weighted by Crippen LogP contribution is 2.41. The predicted octanol–water partition coefficient (Wildman–Crippen LogP) is 4.02. The van der Waals surface area contributed by atoms with Crippen molar-refractivity contribution in [3.05, 3.63) is 57.4 Å². The minimum Gasteiger partial charge on any atom is -0.290 e. The van der Waals surface area contributed by atoms with Gasteiger partial charge in [-0.25, -0.2) is 0 Å². The number of rotatable bonds is 0. The van der Waals surface area contributed by atoms with Crippen molar-refractivity contribution in [2.24, 2.45) is 0 Å². The van der Waals surface area contributed by atoms with Crippen molar-refractivity contribution in [1.82, 2.24) is 0 Å². The van der Waals surface area contributed by atoms with Crippen LogP contribution in [0.15, 0.2) is 57.4 Å². The van der Waals surface area contributed by atoms with Crippen LogP contribution in [0.2, 0.25) is 0 Å². The maximum absolute atomic E-state index is 12.0. The molecule has 0 aromatic carbocycles.